The summed E-state index contributed by atoms with van der Waals surface area (Å²) >= 11 is 0. The van der Waals surface area contributed by atoms with Gasteiger partial charge < -0.3 is 9.72 Å². The van der Waals surface area contributed by atoms with Gasteiger partial charge in [-0.05, 0) is 56.3 Å². The van der Waals surface area contributed by atoms with E-state index in [2.05, 4.69) is 17.3 Å². The number of imidazole rings is 1. The topological polar surface area (TPSA) is 49.6 Å². The van der Waals surface area contributed by atoms with Crippen LogP contribution in [0.3, 0.4) is 0 Å². The lowest BCUT2D eigenvalue weighted by Crippen LogP contribution is -2.23. The van der Waals surface area contributed by atoms with E-state index in [0.717, 1.165) is 36.3 Å². The molecule has 0 aliphatic carbocycles. The number of hydrogen-bond acceptors (Lipinski definition) is 3. The van der Waals surface area contributed by atoms with Crippen molar-refractivity contribution in [2.24, 2.45) is 0 Å². The number of carbonyl (C=O) groups excluding carboxylic acids is 1. The Morgan fingerprint density at radius 2 is 2.08 bits per heavy atom. The highest BCUT2D eigenvalue weighted by atomic mass is 19.1. The average Bonchev–Trinajstić information content (AvgIpc) is 3.24. The van der Waals surface area contributed by atoms with Crippen molar-refractivity contribution in [1.29, 1.82) is 0 Å². The molecule has 0 spiro atoms. The normalized spacial score (nSPS) is 17.7. The van der Waals surface area contributed by atoms with Crippen LogP contribution in [0.15, 0.2) is 48.7 Å². The molecule has 1 fully saturated rings. The Kier molecular flexibility index (Phi) is 4.42. The van der Waals surface area contributed by atoms with Crippen molar-refractivity contribution < 1.29 is 9.18 Å². The Labute approximate surface area is 151 Å². The molecular weight excluding hydrogens is 331 g/mol. The zero-order valence-corrected chi connectivity index (χ0v) is 14.7. The van der Waals surface area contributed by atoms with E-state index in [4.69, 9.17) is 4.98 Å². The molecule has 3 aromatic rings. The van der Waals surface area contributed by atoms with Gasteiger partial charge in [0.1, 0.15) is 11.6 Å². The van der Waals surface area contributed by atoms with E-state index in [9.17, 15) is 9.18 Å². The highest BCUT2D eigenvalue weighted by Crippen LogP contribution is 2.31. The molecule has 0 bridgehead atoms. The molecule has 26 heavy (non-hydrogen) atoms. The quantitative estimate of drug-likeness (QED) is 0.785. The van der Waals surface area contributed by atoms with E-state index in [1.54, 1.807) is 12.1 Å². The van der Waals surface area contributed by atoms with E-state index in [0.29, 0.717) is 12.2 Å². The summed E-state index contributed by atoms with van der Waals surface area (Å²) in [4.78, 5) is 19.7. The van der Waals surface area contributed by atoms with Crippen LogP contribution in [-0.2, 0) is 6.54 Å². The summed E-state index contributed by atoms with van der Waals surface area (Å²) in [6.07, 6.45) is 4.14. The van der Waals surface area contributed by atoms with Gasteiger partial charge in [0.05, 0.1) is 11.6 Å². The van der Waals surface area contributed by atoms with Gasteiger partial charge in [-0.15, -0.1) is 0 Å². The first kappa shape index (κ1) is 16.7. The monoisotopic (exact) mass is 352 g/mol. The number of amides is 1. The van der Waals surface area contributed by atoms with Crippen molar-refractivity contribution in [3.8, 4) is 0 Å². The molecule has 3 heterocycles. The minimum atomic E-state index is -0.287. The number of halogens is 1. The molecule has 1 aliphatic heterocycles. The van der Waals surface area contributed by atoms with E-state index in [-0.39, 0.29) is 17.8 Å². The molecule has 0 saturated carbocycles. The third-order valence-electron chi connectivity index (χ3n) is 4.98. The second-order valence-electron chi connectivity index (χ2n) is 6.72. The summed E-state index contributed by atoms with van der Waals surface area (Å²) in [5.74, 6) is 0.406. The Morgan fingerprint density at radius 1 is 1.27 bits per heavy atom. The summed E-state index contributed by atoms with van der Waals surface area (Å²) in [5, 5.41) is 2.89. The average molecular weight is 352 g/mol. The minimum absolute atomic E-state index is 0.218. The summed E-state index contributed by atoms with van der Waals surface area (Å²) in [5.41, 5.74) is 2.08. The Balaban J connectivity index is 1.61. The second-order valence-corrected chi connectivity index (χ2v) is 6.72. The van der Waals surface area contributed by atoms with Crippen LogP contribution in [0.5, 0.6) is 0 Å². The lowest BCUT2D eigenvalue weighted by molar-refractivity contribution is 0.0947. The van der Waals surface area contributed by atoms with Gasteiger partial charge in [0.2, 0.25) is 0 Å². The molecule has 4 rings (SSSR count). The highest BCUT2D eigenvalue weighted by Gasteiger charge is 2.28. The number of rotatable bonds is 4. The molecule has 0 radical (unpaired) electrons. The fraction of sp³-hybridized carbons (Fsp3) is 0.300. The summed E-state index contributed by atoms with van der Waals surface area (Å²) < 4.78 is 15.0. The maximum atomic E-state index is 13.0. The van der Waals surface area contributed by atoms with Crippen molar-refractivity contribution in [3.63, 3.8) is 0 Å². The van der Waals surface area contributed by atoms with E-state index in [1.807, 2.05) is 28.8 Å². The van der Waals surface area contributed by atoms with Crippen molar-refractivity contribution in [1.82, 2.24) is 19.6 Å². The van der Waals surface area contributed by atoms with Crippen LogP contribution in [0.2, 0.25) is 0 Å². The molecule has 1 aliphatic rings. The van der Waals surface area contributed by atoms with Crippen LogP contribution in [-0.4, -0.2) is 33.8 Å². The molecule has 1 amide bonds. The van der Waals surface area contributed by atoms with Crippen molar-refractivity contribution in [3.05, 3.63) is 71.6 Å². The van der Waals surface area contributed by atoms with Crippen LogP contribution < -0.4 is 5.32 Å². The van der Waals surface area contributed by atoms with Crippen LogP contribution in [0.25, 0.3) is 5.52 Å². The predicted molar refractivity (Wildman–Crippen MR) is 97.4 cm³/mol. The number of pyridine rings is 1. The maximum Gasteiger partial charge on any atom is 0.272 e. The smallest absolute Gasteiger partial charge is 0.272 e. The van der Waals surface area contributed by atoms with Gasteiger partial charge in [0.15, 0.2) is 5.69 Å². The number of nitrogens with one attached hydrogen (secondary N) is 1. The lowest BCUT2D eigenvalue weighted by Gasteiger charge is -2.17. The first-order chi connectivity index (χ1) is 12.6. The fourth-order valence-electron chi connectivity index (χ4n) is 3.57. The number of carbonyl (C=O) groups is 1. The standard InChI is InChI=1S/C20H21FN4O/c1-24-11-4-6-17(24)19-23-18(16-5-2-3-12-25(16)19)20(26)22-13-14-7-9-15(21)10-8-14/h2-3,5,7-10,12,17H,4,6,11,13H2,1H3,(H,22,26)/t17-/m1/s1. The third kappa shape index (κ3) is 3.08. The number of aromatic nitrogens is 2. The predicted octanol–water partition coefficient (Wildman–Crippen LogP) is 3.17. The van der Waals surface area contributed by atoms with Gasteiger partial charge in [-0.2, -0.15) is 0 Å². The Hall–Kier alpha value is -2.73. The molecule has 1 atom stereocenters. The molecule has 6 heteroatoms. The molecular formula is C20H21FN4O. The Bertz CT molecular complexity index is 935. The number of nitrogens with zero attached hydrogens (tertiary/aromatic N) is 3. The summed E-state index contributed by atoms with van der Waals surface area (Å²) in [7, 11) is 2.09. The summed E-state index contributed by atoms with van der Waals surface area (Å²) in [6, 6.07) is 12.1. The van der Waals surface area contributed by atoms with Crippen molar-refractivity contribution >= 4 is 11.4 Å². The molecule has 0 unspecified atom stereocenters. The SMILES string of the molecule is CN1CCC[C@@H]1c1nc(C(=O)NCc2ccc(F)cc2)c2ccccn12. The zero-order chi connectivity index (χ0) is 18.1. The third-order valence-corrected chi connectivity index (χ3v) is 4.98. The Morgan fingerprint density at radius 3 is 2.81 bits per heavy atom. The van der Waals surface area contributed by atoms with E-state index < -0.39 is 0 Å². The first-order valence-corrected chi connectivity index (χ1v) is 8.83. The molecule has 1 saturated heterocycles. The van der Waals surface area contributed by atoms with Crippen LogP contribution in [0.1, 0.15) is 40.8 Å². The molecule has 2 aromatic heterocycles. The zero-order valence-electron chi connectivity index (χ0n) is 14.7. The van der Waals surface area contributed by atoms with Crippen LogP contribution in [0.4, 0.5) is 4.39 Å². The molecule has 1 aromatic carbocycles. The van der Waals surface area contributed by atoms with Crippen molar-refractivity contribution in [2.75, 3.05) is 13.6 Å². The van der Waals surface area contributed by atoms with Gasteiger partial charge >= 0.3 is 0 Å². The van der Waals surface area contributed by atoms with Gasteiger partial charge in [0, 0.05) is 12.7 Å². The summed E-state index contributed by atoms with van der Waals surface area (Å²) in [6.45, 7) is 1.38. The van der Waals surface area contributed by atoms with E-state index >= 15 is 0 Å². The van der Waals surface area contributed by atoms with Gasteiger partial charge in [-0.25, -0.2) is 9.37 Å². The van der Waals surface area contributed by atoms with Crippen LogP contribution >= 0.6 is 0 Å². The lowest BCUT2D eigenvalue weighted by atomic mass is 10.2. The number of hydrogen-bond donors (Lipinski definition) is 1. The second kappa shape index (κ2) is 6.88. The molecule has 134 valence electrons. The van der Waals surface area contributed by atoms with Crippen molar-refractivity contribution in [2.45, 2.75) is 25.4 Å². The van der Waals surface area contributed by atoms with Gasteiger partial charge in [-0.3, -0.25) is 9.69 Å². The number of fused-ring (bicyclic) bond motifs is 1. The molecule has 5 nitrogen and oxygen atoms in total. The maximum absolute atomic E-state index is 13.0. The van der Waals surface area contributed by atoms with E-state index in [1.165, 1.54) is 12.1 Å². The van der Waals surface area contributed by atoms with Gasteiger partial charge in [-0.1, -0.05) is 18.2 Å². The minimum Gasteiger partial charge on any atom is -0.347 e. The molecule has 1 N–H and O–H groups in total. The van der Waals surface area contributed by atoms with Gasteiger partial charge in [0.25, 0.3) is 5.91 Å². The fourth-order valence-corrected chi connectivity index (χ4v) is 3.57. The number of likely N-dealkylation sites (tertiary alicyclic amines) is 1. The highest BCUT2D eigenvalue weighted by molar-refractivity contribution is 5.99. The number of benzene rings is 1. The largest absolute Gasteiger partial charge is 0.347 e. The van der Waals surface area contributed by atoms with Crippen LogP contribution in [0, 0.1) is 5.82 Å². The first-order valence-electron chi connectivity index (χ1n) is 8.83.